The van der Waals surface area contributed by atoms with E-state index in [1.165, 1.54) is 37.4 Å². The number of aryl methyl sites for hydroxylation is 1. The van der Waals surface area contributed by atoms with Gasteiger partial charge in [-0.05, 0) is 24.6 Å². The average molecular weight is 361 g/mol. The van der Waals surface area contributed by atoms with Gasteiger partial charge < -0.3 is 14.8 Å². The van der Waals surface area contributed by atoms with Crippen molar-refractivity contribution in [2.45, 2.75) is 6.92 Å². The number of nitro benzene ring substituents is 2. The van der Waals surface area contributed by atoms with Gasteiger partial charge in [0.05, 0.1) is 23.0 Å². The summed E-state index contributed by atoms with van der Waals surface area (Å²) in [5, 5.41) is 24.5. The molecule has 0 unspecified atom stereocenters. The molecule has 0 radical (unpaired) electrons. The molecule has 0 bridgehead atoms. The third-order valence-electron chi connectivity index (χ3n) is 3.43. The van der Waals surface area contributed by atoms with Crippen LogP contribution in [0.5, 0.6) is 11.5 Å². The number of carbonyl (C=O) groups is 1. The number of carbonyl (C=O) groups excluding carboxylic acids is 1. The van der Waals surface area contributed by atoms with E-state index in [2.05, 4.69) is 5.32 Å². The Balaban J connectivity index is 2.14. The molecule has 136 valence electrons. The Morgan fingerprint density at radius 1 is 1.12 bits per heavy atom. The van der Waals surface area contributed by atoms with Gasteiger partial charge >= 0.3 is 5.69 Å². The molecule has 2 aromatic carbocycles. The Kier molecular flexibility index (Phi) is 5.68. The summed E-state index contributed by atoms with van der Waals surface area (Å²) in [6.07, 6.45) is 0. The zero-order chi connectivity index (χ0) is 19.3. The fourth-order valence-corrected chi connectivity index (χ4v) is 2.17. The molecule has 1 amide bonds. The van der Waals surface area contributed by atoms with Gasteiger partial charge in [0.15, 0.2) is 12.4 Å². The summed E-state index contributed by atoms with van der Waals surface area (Å²) in [5.41, 5.74) is -0.0638. The van der Waals surface area contributed by atoms with Crippen LogP contribution in [0.15, 0.2) is 36.4 Å². The number of rotatable bonds is 7. The Morgan fingerprint density at radius 2 is 1.81 bits per heavy atom. The smallest absolute Gasteiger partial charge is 0.314 e. The normalized spacial score (nSPS) is 10.1. The SMILES string of the molecule is COc1ccc(OCC(=O)Nc2c(C)cccc2[N+](=O)[O-])c([N+](=O)[O-])c1. The molecular formula is C16H15N3O7. The minimum Gasteiger partial charge on any atom is -0.496 e. The number of hydrogen-bond donors (Lipinski definition) is 1. The predicted octanol–water partition coefficient (Wildman–Crippen LogP) is 2.84. The maximum absolute atomic E-state index is 12.1. The highest BCUT2D eigenvalue weighted by Crippen LogP contribution is 2.31. The van der Waals surface area contributed by atoms with E-state index in [0.717, 1.165) is 0 Å². The molecule has 10 heteroatoms. The van der Waals surface area contributed by atoms with Crippen LogP contribution >= 0.6 is 0 Å². The fraction of sp³-hybridized carbons (Fsp3) is 0.188. The first-order chi connectivity index (χ1) is 12.3. The van der Waals surface area contributed by atoms with E-state index in [9.17, 15) is 25.0 Å². The number of methoxy groups -OCH3 is 1. The van der Waals surface area contributed by atoms with Gasteiger partial charge in [0.2, 0.25) is 0 Å². The van der Waals surface area contributed by atoms with Crippen molar-refractivity contribution < 1.29 is 24.1 Å². The van der Waals surface area contributed by atoms with Crippen LogP contribution in [-0.4, -0.2) is 29.5 Å². The maximum atomic E-state index is 12.1. The van der Waals surface area contributed by atoms with E-state index in [1.807, 2.05) is 0 Å². The van der Waals surface area contributed by atoms with Gasteiger partial charge in [-0.25, -0.2) is 0 Å². The van der Waals surface area contributed by atoms with Crippen molar-refractivity contribution in [2.24, 2.45) is 0 Å². The lowest BCUT2D eigenvalue weighted by atomic mass is 10.1. The van der Waals surface area contributed by atoms with Gasteiger partial charge in [-0.3, -0.25) is 25.0 Å². The Labute approximate surface area is 147 Å². The lowest BCUT2D eigenvalue weighted by Crippen LogP contribution is -2.21. The first-order valence-corrected chi connectivity index (χ1v) is 7.32. The Bertz CT molecular complexity index is 867. The molecule has 10 nitrogen and oxygen atoms in total. The summed E-state index contributed by atoms with van der Waals surface area (Å²) in [5.74, 6) is -0.540. The predicted molar refractivity (Wildman–Crippen MR) is 91.6 cm³/mol. The quantitative estimate of drug-likeness (QED) is 0.592. The van der Waals surface area contributed by atoms with Gasteiger partial charge in [-0.1, -0.05) is 12.1 Å². The largest absolute Gasteiger partial charge is 0.496 e. The van der Waals surface area contributed by atoms with Crippen molar-refractivity contribution in [1.29, 1.82) is 0 Å². The number of nitrogens with one attached hydrogen (secondary N) is 1. The molecule has 0 saturated carbocycles. The number of nitro groups is 2. The standard InChI is InChI=1S/C16H15N3O7/c1-10-4-3-5-12(18(21)22)16(10)17-15(20)9-26-14-7-6-11(25-2)8-13(14)19(23)24/h3-8H,9H2,1-2H3,(H,17,20). The minimum absolute atomic E-state index is 0.0512. The number of anilines is 1. The first-order valence-electron chi connectivity index (χ1n) is 7.32. The second-order valence-electron chi connectivity index (χ2n) is 5.15. The molecule has 2 rings (SSSR count). The van der Waals surface area contributed by atoms with Crippen LogP contribution in [0.25, 0.3) is 0 Å². The molecule has 0 heterocycles. The maximum Gasteiger partial charge on any atom is 0.314 e. The summed E-state index contributed by atoms with van der Waals surface area (Å²) in [4.78, 5) is 32.9. The molecule has 0 fully saturated rings. The van der Waals surface area contributed by atoms with Crippen LogP contribution in [0.3, 0.4) is 0 Å². The van der Waals surface area contributed by atoms with Crippen LogP contribution in [-0.2, 0) is 4.79 Å². The van der Waals surface area contributed by atoms with E-state index in [0.29, 0.717) is 5.56 Å². The van der Waals surface area contributed by atoms with Crippen LogP contribution in [0.2, 0.25) is 0 Å². The fourth-order valence-electron chi connectivity index (χ4n) is 2.17. The molecule has 2 aromatic rings. The molecule has 0 atom stereocenters. The number of para-hydroxylation sites is 1. The third-order valence-corrected chi connectivity index (χ3v) is 3.43. The van der Waals surface area contributed by atoms with Crippen molar-refractivity contribution in [3.8, 4) is 11.5 Å². The van der Waals surface area contributed by atoms with Gasteiger partial charge in [-0.2, -0.15) is 0 Å². The number of ether oxygens (including phenoxy) is 2. The molecule has 26 heavy (non-hydrogen) atoms. The Hall–Kier alpha value is -3.69. The van der Waals surface area contributed by atoms with Crippen LogP contribution in [0, 0.1) is 27.2 Å². The molecule has 0 aromatic heterocycles. The molecule has 0 aliphatic heterocycles. The second kappa shape index (κ2) is 7.92. The van der Waals surface area contributed by atoms with E-state index >= 15 is 0 Å². The molecule has 0 aliphatic rings. The van der Waals surface area contributed by atoms with Gasteiger partial charge in [0.1, 0.15) is 11.4 Å². The highest BCUT2D eigenvalue weighted by atomic mass is 16.6. The average Bonchev–Trinajstić information content (AvgIpc) is 2.61. The van der Waals surface area contributed by atoms with Crippen molar-refractivity contribution >= 4 is 23.0 Å². The summed E-state index contributed by atoms with van der Waals surface area (Å²) >= 11 is 0. The van der Waals surface area contributed by atoms with Crippen molar-refractivity contribution in [3.63, 3.8) is 0 Å². The molecule has 1 N–H and O–H groups in total. The third kappa shape index (κ3) is 4.23. The monoisotopic (exact) mass is 361 g/mol. The number of hydrogen-bond acceptors (Lipinski definition) is 7. The highest BCUT2D eigenvalue weighted by Gasteiger charge is 2.20. The summed E-state index contributed by atoms with van der Waals surface area (Å²) < 4.78 is 10.1. The van der Waals surface area contributed by atoms with Crippen LogP contribution < -0.4 is 14.8 Å². The van der Waals surface area contributed by atoms with Crippen LogP contribution in [0.4, 0.5) is 17.1 Å². The number of benzene rings is 2. The first kappa shape index (κ1) is 18.6. The summed E-state index contributed by atoms with van der Waals surface area (Å²) in [6, 6.07) is 8.29. The van der Waals surface area contributed by atoms with E-state index in [4.69, 9.17) is 9.47 Å². The molecular weight excluding hydrogens is 346 g/mol. The minimum atomic E-state index is -0.687. The lowest BCUT2D eigenvalue weighted by molar-refractivity contribution is -0.385. The zero-order valence-corrected chi connectivity index (χ0v) is 13.9. The summed E-state index contributed by atoms with van der Waals surface area (Å²) in [6.45, 7) is 1.05. The van der Waals surface area contributed by atoms with E-state index < -0.39 is 22.4 Å². The van der Waals surface area contributed by atoms with Gasteiger partial charge in [0.25, 0.3) is 11.6 Å². The van der Waals surface area contributed by atoms with Crippen LogP contribution in [0.1, 0.15) is 5.56 Å². The van der Waals surface area contributed by atoms with Crippen molar-refractivity contribution in [1.82, 2.24) is 0 Å². The highest BCUT2D eigenvalue weighted by molar-refractivity contribution is 5.95. The Morgan fingerprint density at radius 3 is 2.42 bits per heavy atom. The number of amides is 1. The summed E-state index contributed by atoms with van der Waals surface area (Å²) in [7, 11) is 1.36. The van der Waals surface area contributed by atoms with E-state index in [-0.39, 0.29) is 28.6 Å². The number of nitrogens with zero attached hydrogens (tertiary/aromatic N) is 2. The zero-order valence-electron chi connectivity index (χ0n) is 13.9. The van der Waals surface area contributed by atoms with E-state index in [1.54, 1.807) is 13.0 Å². The van der Waals surface area contributed by atoms with Gasteiger partial charge in [-0.15, -0.1) is 0 Å². The molecule has 0 aliphatic carbocycles. The van der Waals surface area contributed by atoms with Gasteiger partial charge in [0, 0.05) is 6.07 Å². The van der Waals surface area contributed by atoms with Crippen molar-refractivity contribution in [3.05, 3.63) is 62.2 Å². The topological polar surface area (TPSA) is 134 Å². The molecule has 0 spiro atoms. The second-order valence-corrected chi connectivity index (χ2v) is 5.15. The molecule has 0 saturated heterocycles. The lowest BCUT2D eigenvalue weighted by Gasteiger charge is -2.10. The van der Waals surface area contributed by atoms with Crippen molar-refractivity contribution in [2.75, 3.05) is 19.0 Å².